The van der Waals surface area contributed by atoms with Crippen molar-refractivity contribution in [3.05, 3.63) is 407 Å². The third-order valence-corrected chi connectivity index (χ3v) is 32.2. The van der Waals surface area contributed by atoms with Crippen LogP contribution in [0.15, 0.2) is 273 Å². The molecule has 18 aromatic carbocycles. The van der Waals surface area contributed by atoms with Crippen LogP contribution in [0.5, 0.6) is 69.0 Å². The molecule has 20 aromatic rings. The van der Waals surface area contributed by atoms with Crippen molar-refractivity contribution in [2.45, 2.75) is 151 Å². The molecule has 8 heterocycles. The number of aromatic nitrogens is 2. The first-order chi connectivity index (χ1) is 68.0. The summed E-state index contributed by atoms with van der Waals surface area (Å²) < 4.78 is 44.9. The van der Waals surface area contributed by atoms with Crippen molar-refractivity contribution in [3.8, 4) is 125 Å². The van der Waals surface area contributed by atoms with E-state index in [0.717, 1.165) is 147 Å². The molecule has 0 bridgehead atoms. The predicted molar refractivity (Wildman–Crippen MR) is 590 cm³/mol. The van der Waals surface area contributed by atoms with Crippen molar-refractivity contribution in [1.29, 1.82) is 0 Å². The van der Waals surface area contributed by atoms with Gasteiger partial charge in [0, 0.05) is 60.8 Å². The summed E-state index contributed by atoms with van der Waals surface area (Å²) in [5.41, 5.74) is 58.0. The maximum absolute atomic E-state index is 6.93. The second kappa shape index (κ2) is 32.3. The van der Waals surface area contributed by atoms with Crippen LogP contribution >= 0.6 is 0 Å². The van der Waals surface area contributed by atoms with Gasteiger partial charge in [0.25, 0.3) is 20.1 Å². The highest BCUT2D eigenvalue weighted by molar-refractivity contribution is 7.00. The Hall–Kier alpha value is -15.4. The molecule has 0 radical (unpaired) electrons. The van der Waals surface area contributed by atoms with E-state index in [1.165, 1.54) is 204 Å². The Morgan fingerprint density at radius 1 is 0.199 bits per heavy atom. The molecule has 684 valence electrons. The molecular formula is C130H109B3N2O6. The molecule has 0 atom stereocenters. The molecule has 0 spiro atoms. The van der Waals surface area contributed by atoms with Crippen molar-refractivity contribution in [3.63, 3.8) is 0 Å². The topological polar surface area (TPSA) is 65.2 Å². The van der Waals surface area contributed by atoms with Gasteiger partial charge < -0.3 is 37.6 Å². The lowest BCUT2D eigenvalue weighted by Crippen LogP contribution is -2.57. The number of hydrogen-bond acceptors (Lipinski definition) is 6. The van der Waals surface area contributed by atoms with Crippen molar-refractivity contribution in [2.75, 3.05) is 0 Å². The highest BCUT2D eigenvalue weighted by Crippen LogP contribution is 2.53. The van der Waals surface area contributed by atoms with Crippen LogP contribution in [-0.4, -0.2) is 29.3 Å². The van der Waals surface area contributed by atoms with E-state index in [9.17, 15) is 0 Å². The number of rotatable bonds is 6. The van der Waals surface area contributed by atoms with Gasteiger partial charge in [-0.05, 0) is 472 Å². The summed E-state index contributed by atoms with van der Waals surface area (Å²) in [4.78, 5) is 0. The zero-order valence-corrected chi connectivity index (χ0v) is 84.1. The zero-order chi connectivity index (χ0) is 96.9. The Labute approximate surface area is 827 Å². The van der Waals surface area contributed by atoms with Gasteiger partial charge in [0.1, 0.15) is 69.0 Å². The molecule has 0 amide bonds. The van der Waals surface area contributed by atoms with Gasteiger partial charge in [0.05, 0.1) is 22.1 Å². The van der Waals surface area contributed by atoms with Crippen LogP contribution < -0.4 is 77.6 Å². The lowest BCUT2D eigenvalue weighted by Gasteiger charge is -2.35. The molecule has 8 nitrogen and oxygen atoms in total. The fraction of sp³-hybridized carbons (Fsp3) is 0.169. The van der Waals surface area contributed by atoms with E-state index < -0.39 is 0 Å². The van der Waals surface area contributed by atoms with Crippen LogP contribution in [0.2, 0.25) is 0 Å². The van der Waals surface area contributed by atoms with E-state index in [2.05, 4.69) is 428 Å². The number of nitrogens with zero attached hydrogens (tertiary/aromatic N) is 2. The summed E-state index contributed by atoms with van der Waals surface area (Å²) in [6.07, 6.45) is 0. The minimum atomic E-state index is 0.0434. The first-order valence-corrected chi connectivity index (χ1v) is 49.8. The Morgan fingerprint density at radius 2 is 0.504 bits per heavy atom. The fourth-order valence-corrected chi connectivity index (χ4v) is 24.0. The summed E-state index contributed by atoms with van der Waals surface area (Å²) in [5.74, 6) is 11.4. The highest BCUT2D eigenvalue weighted by Gasteiger charge is 2.46. The summed E-state index contributed by atoms with van der Waals surface area (Å²) in [5, 5.41) is 5.23. The monoisotopic (exact) mass is 1830 g/mol. The second-order valence-corrected chi connectivity index (χ2v) is 41.7. The maximum atomic E-state index is 6.93. The normalized spacial score (nSPS) is 13.1. The SMILES string of the molecule is Cc1ccc2c(c1)Oc1c(C)cc(C)c3c1B2c1cc(-c2ccc(-n4c5cc(C)c(C)cc5c5cc(C)c(C)cc54)cc2)ccc1O3.Cc1ccc2c(c1)Oc1c(C)cc(C)c3c1B2c1ccc(-c2ccc(-n4c5cc(C)c(C)cc5c5cc(C)c(C)cc54)cc2)cc1O3.Cc1ccc2c(c1)Oc1c(C)cc(C)c3c1B2c1cccc(-c2ccc(C4c5cc(C)c(C)cc5-c5cc(C)c(C)cc54)cc2)c1O3. The molecule has 7 aliphatic rings. The van der Waals surface area contributed by atoms with Gasteiger partial charge >= 0.3 is 0 Å². The number of hydrogen-bond donors (Lipinski definition) is 0. The molecule has 0 saturated heterocycles. The molecule has 11 heteroatoms. The summed E-state index contributed by atoms with van der Waals surface area (Å²) in [7, 11) is 0. The molecule has 141 heavy (non-hydrogen) atoms. The van der Waals surface area contributed by atoms with Crippen molar-refractivity contribution >= 4 is 113 Å². The smallest absolute Gasteiger partial charge is 0.260 e. The van der Waals surface area contributed by atoms with Crippen LogP contribution in [0.4, 0.5) is 0 Å². The summed E-state index contributed by atoms with van der Waals surface area (Å²) in [6.45, 7) is 45.9. The first-order valence-electron chi connectivity index (χ1n) is 49.8. The minimum absolute atomic E-state index is 0.0434. The van der Waals surface area contributed by atoms with Gasteiger partial charge in [-0.25, -0.2) is 0 Å². The average molecular weight is 1830 g/mol. The van der Waals surface area contributed by atoms with E-state index in [-0.39, 0.29) is 26.1 Å². The zero-order valence-electron chi connectivity index (χ0n) is 84.1. The number of fused-ring (bicyclic) bond motifs is 21. The standard InChI is InChI=1S/C44H37BO2.2C43H36BNO2/c1-23-11-16-37-39(17-23)46-42-28(6)18-29(7)43-41(42)45(37)38-10-8-9-32(44(38)47-43)30-12-14-31(15-13-30)40-35-21-26(4)24(2)19-33(35)34-20-25(3)27(5)22-36(34)40;1-23-8-14-35-40(16-23)47-43-29(7)17-28(6)42-41(43)44(35)36-22-31(11-15-39(36)46-42)30-9-12-32(13-10-30)45-37-20-26(4)24(2)18-33(37)34-19-25(3)27(5)21-38(34)45;1-23-8-14-35-39(16-23)46-42-28(6)17-29(7)43-41(42)44(35)36-15-11-31(22-40(36)47-43)30-9-12-32(13-10-30)45-37-20-26(4)24(2)18-33(37)34-19-25(3)27(5)21-38(34)45/h8-22,40H,1-7H3;2*8-22H,1-7H3. The minimum Gasteiger partial charge on any atom is -0.458 e. The summed E-state index contributed by atoms with van der Waals surface area (Å²) >= 11 is 0. The molecule has 2 aromatic heterocycles. The van der Waals surface area contributed by atoms with Crippen LogP contribution in [0.1, 0.15) is 139 Å². The molecule has 0 fully saturated rings. The average Bonchev–Trinajstić information content (AvgIpc) is 1.71. The van der Waals surface area contributed by atoms with Crippen LogP contribution in [-0.2, 0) is 0 Å². The van der Waals surface area contributed by atoms with E-state index >= 15 is 0 Å². The van der Waals surface area contributed by atoms with E-state index in [1.54, 1.807) is 0 Å². The first kappa shape index (κ1) is 87.1. The molecule has 27 rings (SSSR count). The lowest BCUT2D eigenvalue weighted by atomic mass is 9.34. The van der Waals surface area contributed by atoms with Gasteiger partial charge in [0.15, 0.2) is 0 Å². The number of ether oxygens (including phenoxy) is 6. The quantitative estimate of drug-likeness (QED) is 0.155. The number of aryl methyl sites for hydroxylation is 21. The molecule has 0 N–H and O–H groups in total. The highest BCUT2D eigenvalue weighted by atomic mass is 16.5. The molecular weight excluding hydrogens is 1720 g/mol. The van der Waals surface area contributed by atoms with Crippen LogP contribution in [0, 0.1) is 145 Å². The Kier molecular flexibility index (Phi) is 20.0. The van der Waals surface area contributed by atoms with Crippen LogP contribution in [0.25, 0.3) is 99.5 Å². The van der Waals surface area contributed by atoms with Crippen molar-refractivity contribution in [2.24, 2.45) is 0 Å². The maximum Gasteiger partial charge on any atom is 0.260 e. The lowest BCUT2D eigenvalue weighted by molar-refractivity contribution is 0.459. The van der Waals surface area contributed by atoms with Gasteiger partial charge in [-0.3, -0.25) is 0 Å². The Bertz CT molecular complexity index is 8740. The van der Waals surface area contributed by atoms with E-state index in [1.807, 2.05) is 0 Å². The molecule has 1 aliphatic carbocycles. The largest absolute Gasteiger partial charge is 0.458 e. The van der Waals surface area contributed by atoms with Gasteiger partial charge in [-0.1, -0.05) is 152 Å². The summed E-state index contributed by atoms with van der Waals surface area (Å²) in [6, 6.07) is 102. The molecule has 0 saturated carbocycles. The number of para-hydroxylation sites is 1. The van der Waals surface area contributed by atoms with E-state index in [0.29, 0.717) is 0 Å². The molecule has 6 aliphatic heterocycles. The third kappa shape index (κ3) is 13.7. The van der Waals surface area contributed by atoms with Crippen molar-refractivity contribution in [1.82, 2.24) is 9.13 Å². The second-order valence-electron chi connectivity index (χ2n) is 41.7. The van der Waals surface area contributed by atoms with Gasteiger partial charge in [0.2, 0.25) is 0 Å². The van der Waals surface area contributed by atoms with Gasteiger partial charge in [-0.2, -0.15) is 0 Å². The number of benzene rings is 18. The predicted octanol–water partition coefficient (Wildman–Crippen LogP) is 28.1. The van der Waals surface area contributed by atoms with Crippen molar-refractivity contribution < 1.29 is 28.4 Å². The fourth-order valence-electron chi connectivity index (χ4n) is 24.0. The Morgan fingerprint density at radius 3 is 0.901 bits per heavy atom. The van der Waals surface area contributed by atoms with E-state index in [4.69, 9.17) is 28.4 Å². The van der Waals surface area contributed by atoms with Gasteiger partial charge in [-0.15, -0.1) is 0 Å². The van der Waals surface area contributed by atoms with Crippen LogP contribution in [0.3, 0.4) is 0 Å². The Balaban J connectivity index is 0.000000111. The third-order valence-electron chi connectivity index (χ3n) is 32.2. The molecule has 0 unspecified atom stereocenters.